The van der Waals surface area contributed by atoms with Gasteiger partial charge in [-0.05, 0) is 54.9 Å². The highest BCUT2D eigenvalue weighted by Crippen LogP contribution is 2.37. The smallest absolute Gasteiger partial charge is 0.180 e. The quantitative estimate of drug-likeness (QED) is 0.424. The minimum Gasteiger partial charge on any atom is -0.493 e. The molecule has 0 fully saturated rings. The Balaban J connectivity index is 1.92. The molecule has 28 heavy (non-hydrogen) atoms. The number of ether oxygens (including phenoxy) is 2. The van der Waals surface area contributed by atoms with Gasteiger partial charge >= 0.3 is 0 Å². The molecule has 2 aromatic rings. The predicted molar refractivity (Wildman–Crippen MR) is 115 cm³/mol. The Labute approximate surface area is 180 Å². The second-order valence-electron chi connectivity index (χ2n) is 6.15. The molecule has 0 saturated carbocycles. The fourth-order valence-corrected chi connectivity index (χ4v) is 3.18. The van der Waals surface area contributed by atoms with Crippen LogP contribution in [0.3, 0.4) is 0 Å². The minimum absolute atomic E-state index is 0.158. The van der Waals surface area contributed by atoms with Crippen LogP contribution in [0.1, 0.15) is 17.5 Å². The van der Waals surface area contributed by atoms with Crippen molar-refractivity contribution < 1.29 is 14.6 Å². The van der Waals surface area contributed by atoms with Crippen LogP contribution in [0.4, 0.5) is 0 Å². The molecule has 0 saturated heterocycles. The number of hydrogen-bond donors (Lipinski definition) is 3. The van der Waals surface area contributed by atoms with Crippen LogP contribution in [0, 0.1) is 0 Å². The standard InChI is InChI=1S/C20H25Cl3N2O3/c1-27-19-11-15(12-25-6-2-5-24-7-8-26)10-18(23)20(19)28-13-14-3-4-16(21)17(22)9-14/h3-4,9-11,24-26H,2,5-8,12-13H2,1H3. The highest BCUT2D eigenvalue weighted by Gasteiger charge is 2.13. The van der Waals surface area contributed by atoms with Crippen molar-refractivity contribution in [1.82, 2.24) is 10.6 Å². The average molecular weight is 448 g/mol. The van der Waals surface area contributed by atoms with Gasteiger partial charge in [0.25, 0.3) is 0 Å². The molecule has 8 heteroatoms. The topological polar surface area (TPSA) is 62.8 Å². The zero-order chi connectivity index (χ0) is 20.4. The Morgan fingerprint density at radius 3 is 2.36 bits per heavy atom. The number of hydrogen-bond acceptors (Lipinski definition) is 5. The van der Waals surface area contributed by atoms with Gasteiger partial charge < -0.3 is 25.2 Å². The number of methoxy groups -OCH3 is 1. The Morgan fingerprint density at radius 2 is 1.64 bits per heavy atom. The SMILES string of the molecule is COc1cc(CNCCCNCCO)cc(Cl)c1OCc1ccc(Cl)c(Cl)c1. The molecule has 0 aliphatic carbocycles. The van der Waals surface area contributed by atoms with Crippen LogP contribution in [-0.2, 0) is 13.2 Å². The molecule has 154 valence electrons. The van der Waals surface area contributed by atoms with Crippen LogP contribution < -0.4 is 20.1 Å². The largest absolute Gasteiger partial charge is 0.493 e. The van der Waals surface area contributed by atoms with Gasteiger partial charge in [-0.15, -0.1) is 0 Å². The van der Waals surface area contributed by atoms with E-state index < -0.39 is 0 Å². The molecule has 2 aromatic carbocycles. The summed E-state index contributed by atoms with van der Waals surface area (Å²) >= 11 is 18.4. The van der Waals surface area contributed by atoms with Gasteiger partial charge in [0, 0.05) is 13.1 Å². The van der Waals surface area contributed by atoms with Crippen LogP contribution in [0.25, 0.3) is 0 Å². The molecule has 0 heterocycles. The molecule has 0 aromatic heterocycles. The van der Waals surface area contributed by atoms with Crippen molar-refractivity contribution in [2.45, 2.75) is 19.6 Å². The van der Waals surface area contributed by atoms with Gasteiger partial charge in [-0.3, -0.25) is 0 Å². The van der Waals surface area contributed by atoms with Crippen LogP contribution in [-0.4, -0.2) is 38.5 Å². The monoisotopic (exact) mass is 446 g/mol. The Kier molecular flexibility index (Phi) is 10.2. The summed E-state index contributed by atoms with van der Waals surface area (Å²) in [5.41, 5.74) is 1.89. The van der Waals surface area contributed by atoms with Crippen LogP contribution >= 0.6 is 34.8 Å². The molecule has 2 rings (SSSR count). The Morgan fingerprint density at radius 1 is 0.893 bits per heavy atom. The van der Waals surface area contributed by atoms with E-state index in [1.807, 2.05) is 18.2 Å². The van der Waals surface area contributed by atoms with Gasteiger partial charge in [0.15, 0.2) is 11.5 Å². The minimum atomic E-state index is 0.158. The lowest BCUT2D eigenvalue weighted by molar-refractivity contribution is 0.284. The van der Waals surface area contributed by atoms with Crippen LogP contribution in [0.15, 0.2) is 30.3 Å². The second-order valence-corrected chi connectivity index (χ2v) is 7.37. The maximum atomic E-state index is 8.72. The summed E-state index contributed by atoms with van der Waals surface area (Å²) in [5, 5.41) is 16.7. The van der Waals surface area contributed by atoms with E-state index in [9.17, 15) is 0 Å². The van der Waals surface area contributed by atoms with Crippen molar-refractivity contribution in [2.24, 2.45) is 0 Å². The van der Waals surface area contributed by atoms with E-state index in [0.717, 1.165) is 30.6 Å². The van der Waals surface area contributed by atoms with E-state index in [0.29, 0.717) is 46.3 Å². The molecule has 0 radical (unpaired) electrons. The maximum absolute atomic E-state index is 8.72. The van der Waals surface area contributed by atoms with E-state index in [4.69, 9.17) is 49.4 Å². The molecule has 0 atom stereocenters. The van der Waals surface area contributed by atoms with Crippen molar-refractivity contribution in [3.05, 3.63) is 56.5 Å². The highest BCUT2D eigenvalue weighted by atomic mass is 35.5. The molecular weight excluding hydrogens is 423 g/mol. The normalized spacial score (nSPS) is 10.9. The Bertz CT molecular complexity index is 760. The van der Waals surface area contributed by atoms with E-state index in [1.54, 1.807) is 19.2 Å². The number of aliphatic hydroxyl groups excluding tert-OH is 1. The first-order chi connectivity index (χ1) is 13.5. The molecule has 0 aliphatic heterocycles. The molecule has 0 bridgehead atoms. The zero-order valence-electron chi connectivity index (χ0n) is 15.7. The predicted octanol–water partition coefficient (Wildman–Crippen LogP) is 4.30. The third-order valence-electron chi connectivity index (χ3n) is 3.98. The van der Waals surface area contributed by atoms with E-state index >= 15 is 0 Å². The lowest BCUT2D eigenvalue weighted by atomic mass is 10.2. The summed E-state index contributed by atoms with van der Waals surface area (Å²) in [5.74, 6) is 1.07. The van der Waals surface area contributed by atoms with Gasteiger partial charge in [0.2, 0.25) is 0 Å². The number of nitrogens with one attached hydrogen (secondary N) is 2. The number of rotatable bonds is 12. The van der Waals surface area contributed by atoms with Crippen molar-refractivity contribution in [1.29, 1.82) is 0 Å². The summed E-state index contributed by atoms with van der Waals surface area (Å²) in [6.07, 6.45) is 0.968. The second kappa shape index (κ2) is 12.4. The van der Waals surface area contributed by atoms with E-state index in [2.05, 4.69) is 10.6 Å². The average Bonchev–Trinajstić information content (AvgIpc) is 2.68. The molecule has 3 N–H and O–H groups in total. The first-order valence-electron chi connectivity index (χ1n) is 9.00. The van der Waals surface area contributed by atoms with Gasteiger partial charge in [-0.25, -0.2) is 0 Å². The van der Waals surface area contributed by atoms with Crippen LogP contribution in [0.5, 0.6) is 11.5 Å². The first kappa shape index (κ1) is 23.1. The van der Waals surface area contributed by atoms with Gasteiger partial charge in [0.05, 0.1) is 28.8 Å². The summed E-state index contributed by atoms with van der Waals surface area (Å²) in [6, 6.07) is 9.12. The number of aliphatic hydroxyl groups is 1. The van der Waals surface area contributed by atoms with E-state index in [1.165, 1.54) is 0 Å². The van der Waals surface area contributed by atoms with Crippen molar-refractivity contribution in [2.75, 3.05) is 33.4 Å². The summed E-state index contributed by atoms with van der Waals surface area (Å²) in [4.78, 5) is 0. The van der Waals surface area contributed by atoms with Gasteiger partial charge in [0.1, 0.15) is 6.61 Å². The lowest BCUT2D eigenvalue weighted by Crippen LogP contribution is -2.23. The molecule has 0 amide bonds. The summed E-state index contributed by atoms with van der Waals surface area (Å²) in [6.45, 7) is 3.46. The van der Waals surface area contributed by atoms with Gasteiger partial charge in [-0.1, -0.05) is 40.9 Å². The molecule has 0 spiro atoms. The number of benzene rings is 2. The fraction of sp³-hybridized carbons (Fsp3) is 0.400. The third-order valence-corrected chi connectivity index (χ3v) is 5.00. The maximum Gasteiger partial charge on any atom is 0.180 e. The molecule has 0 unspecified atom stereocenters. The van der Waals surface area contributed by atoms with Crippen LogP contribution in [0.2, 0.25) is 15.1 Å². The van der Waals surface area contributed by atoms with E-state index in [-0.39, 0.29) is 6.61 Å². The van der Waals surface area contributed by atoms with Gasteiger partial charge in [-0.2, -0.15) is 0 Å². The summed E-state index contributed by atoms with van der Waals surface area (Å²) in [7, 11) is 1.59. The van der Waals surface area contributed by atoms with Crippen molar-refractivity contribution >= 4 is 34.8 Å². The molecule has 0 aliphatic rings. The third kappa shape index (κ3) is 7.32. The summed E-state index contributed by atoms with van der Waals surface area (Å²) < 4.78 is 11.3. The first-order valence-corrected chi connectivity index (χ1v) is 10.1. The van der Waals surface area contributed by atoms with Crippen molar-refractivity contribution in [3.8, 4) is 11.5 Å². The van der Waals surface area contributed by atoms with Crippen molar-refractivity contribution in [3.63, 3.8) is 0 Å². The zero-order valence-corrected chi connectivity index (χ0v) is 18.0. The number of halogens is 3. The molecule has 5 nitrogen and oxygen atoms in total. The molecular formula is C20H25Cl3N2O3. The Hall–Kier alpha value is -1.21. The fourth-order valence-electron chi connectivity index (χ4n) is 2.58. The lowest BCUT2D eigenvalue weighted by Gasteiger charge is -2.15. The highest BCUT2D eigenvalue weighted by molar-refractivity contribution is 6.42.